The molecule has 0 spiro atoms. The van der Waals surface area contributed by atoms with Crippen LogP contribution in [0.4, 0.5) is 8.78 Å². The van der Waals surface area contributed by atoms with E-state index in [9.17, 15) is 17.2 Å². The predicted octanol–water partition coefficient (Wildman–Crippen LogP) is 2.02. The minimum atomic E-state index is -4.18. The van der Waals surface area contributed by atoms with Gasteiger partial charge in [0.1, 0.15) is 28.7 Å². The molecule has 3 aromatic rings. The van der Waals surface area contributed by atoms with Gasteiger partial charge in [0.25, 0.3) is 0 Å². The van der Waals surface area contributed by atoms with Crippen LogP contribution in [0.2, 0.25) is 0 Å². The van der Waals surface area contributed by atoms with Gasteiger partial charge in [0.15, 0.2) is 0 Å². The van der Waals surface area contributed by atoms with Gasteiger partial charge < -0.3 is 0 Å². The molecule has 1 N–H and O–H groups in total. The number of nitrogens with zero attached hydrogens (tertiary/aromatic N) is 3. The third-order valence-corrected chi connectivity index (χ3v) is 4.64. The molecule has 24 heavy (non-hydrogen) atoms. The van der Waals surface area contributed by atoms with E-state index in [2.05, 4.69) is 14.7 Å². The zero-order valence-corrected chi connectivity index (χ0v) is 13.0. The number of nitrogens with one attached hydrogen (secondary N) is 1. The molecule has 0 aliphatic heterocycles. The van der Waals surface area contributed by atoms with Gasteiger partial charge in [-0.05, 0) is 35.9 Å². The highest BCUT2D eigenvalue weighted by Gasteiger charge is 2.19. The van der Waals surface area contributed by atoms with Gasteiger partial charge in [0.05, 0.1) is 0 Å². The summed E-state index contributed by atoms with van der Waals surface area (Å²) < 4.78 is 55.0. The summed E-state index contributed by atoms with van der Waals surface area (Å²) in [6, 6.07) is 5.54. The second-order valence-electron chi connectivity index (χ2n) is 4.89. The minimum absolute atomic E-state index is 0.0947. The summed E-state index contributed by atoms with van der Waals surface area (Å²) in [4.78, 5) is 7.32. The molecule has 124 valence electrons. The van der Waals surface area contributed by atoms with Crippen molar-refractivity contribution in [3.8, 4) is 5.82 Å². The van der Waals surface area contributed by atoms with Gasteiger partial charge in [0, 0.05) is 25.1 Å². The van der Waals surface area contributed by atoms with Crippen LogP contribution in [0.1, 0.15) is 5.56 Å². The predicted molar refractivity (Wildman–Crippen MR) is 81.7 cm³/mol. The summed E-state index contributed by atoms with van der Waals surface area (Å²) >= 11 is 0. The topological polar surface area (TPSA) is 76.9 Å². The van der Waals surface area contributed by atoms with Crippen molar-refractivity contribution in [2.45, 2.75) is 11.4 Å². The molecule has 3 rings (SSSR count). The molecule has 0 aliphatic carbocycles. The first kappa shape index (κ1) is 16.2. The van der Waals surface area contributed by atoms with Gasteiger partial charge in [-0.25, -0.2) is 31.9 Å². The molecule has 0 amide bonds. The number of halogens is 2. The average Bonchev–Trinajstić information content (AvgIpc) is 3.10. The summed E-state index contributed by atoms with van der Waals surface area (Å²) in [6.07, 6.45) is 6.35. The molecular formula is C15H12F2N4O2S. The highest BCUT2D eigenvalue weighted by molar-refractivity contribution is 7.89. The smallest absolute Gasteiger partial charge is 0.243 e. The fourth-order valence-corrected chi connectivity index (χ4v) is 3.15. The number of aromatic nitrogens is 3. The van der Waals surface area contributed by atoms with Crippen molar-refractivity contribution < 1.29 is 17.2 Å². The quantitative estimate of drug-likeness (QED) is 0.764. The zero-order valence-electron chi connectivity index (χ0n) is 12.2. The number of sulfonamides is 1. The third kappa shape index (κ3) is 3.47. The molecule has 0 bridgehead atoms. The fourth-order valence-electron chi connectivity index (χ4n) is 2.05. The normalized spacial score (nSPS) is 11.6. The van der Waals surface area contributed by atoms with E-state index in [4.69, 9.17) is 0 Å². The van der Waals surface area contributed by atoms with Crippen LogP contribution < -0.4 is 4.72 Å². The van der Waals surface area contributed by atoms with E-state index in [1.165, 1.54) is 6.20 Å². The Balaban J connectivity index is 1.80. The molecular weight excluding hydrogens is 338 g/mol. The summed E-state index contributed by atoms with van der Waals surface area (Å²) in [5.41, 5.74) is 0.606. The van der Waals surface area contributed by atoms with Crippen LogP contribution in [-0.2, 0) is 16.6 Å². The molecule has 6 nitrogen and oxygen atoms in total. The number of rotatable bonds is 5. The van der Waals surface area contributed by atoms with E-state index in [1.807, 2.05) is 0 Å². The van der Waals surface area contributed by atoms with E-state index in [0.29, 0.717) is 17.4 Å². The van der Waals surface area contributed by atoms with Gasteiger partial charge in [0.2, 0.25) is 10.0 Å². The van der Waals surface area contributed by atoms with Crippen molar-refractivity contribution in [3.63, 3.8) is 0 Å². The first-order valence-electron chi connectivity index (χ1n) is 6.84. The molecule has 0 fully saturated rings. The molecule has 0 unspecified atom stereocenters. The molecule has 0 atom stereocenters. The van der Waals surface area contributed by atoms with Crippen molar-refractivity contribution in [2.75, 3.05) is 0 Å². The Morgan fingerprint density at radius 1 is 1.12 bits per heavy atom. The van der Waals surface area contributed by atoms with E-state index in [1.54, 1.807) is 35.4 Å². The van der Waals surface area contributed by atoms with Gasteiger partial charge in [-0.3, -0.25) is 4.57 Å². The van der Waals surface area contributed by atoms with E-state index in [0.717, 1.165) is 12.1 Å². The van der Waals surface area contributed by atoms with Crippen molar-refractivity contribution in [1.29, 1.82) is 0 Å². The van der Waals surface area contributed by atoms with Crippen molar-refractivity contribution >= 4 is 10.0 Å². The van der Waals surface area contributed by atoms with Gasteiger partial charge in [-0.2, -0.15) is 0 Å². The maximum Gasteiger partial charge on any atom is 0.243 e. The lowest BCUT2D eigenvalue weighted by molar-refractivity contribution is 0.545. The van der Waals surface area contributed by atoms with Crippen molar-refractivity contribution in [1.82, 2.24) is 19.3 Å². The van der Waals surface area contributed by atoms with Crippen LogP contribution in [0.15, 0.2) is 60.1 Å². The van der Waals surface area contributed by atoms with E-state index >= 15 is 0 Å². The molecule has 0 saturated heterocycles. The average molecular weight is 350 g/mol. The van der Waals surface area contributed by atoms with Crippen molar-refractivity contribution in [3.05, 3.63) is 72.4 Å². The Bertz CT molecular complexity index is 959. The van der Waals surface area contributed by atoms with E-state index < -0.39 is 26.6 Å². The minimum Gasteiger partial charge on any atom is -0.291 e. The number of imidazole rings is 1. The fraction of sp³-hybridized carbons (Fsp3) is 0.0667. The second-order valence-corrected chi connectivity index (χ2v) is 6.63. The lowest BCUT2D eigenvalue weighted by Crippen LogP contribution is -2.24. The molecule has 1 aromatic carbocycles. The van der Waals surface area contributed by atoms with E-state index in [-0.39, 0.29) is 6.54 Å². The second kappa shape index (κ2) is 6.46. The van der Waals surface area contributed by atoms with Crippen LogP contribution in [0.3, 0.4) is 0 Å². The van der Waals surface area contributed by atoms with Crippen LogP contribution in [0.5, 0.6) is 0 Å². The highest BCUT2D eigenvalue weighted by atomic mass is 32.2. The molecule has 0 radical (unpaired) electrons. The SMILES string of the molecule is O=S(=O)(NCc1ccnc(-n2ccnc2)c1)c1cc(F)ccc1F. The Morgan fingerprint density at radius 3 is 2.71 bits per heavy atom. The Hall–Kier alpha value is -2.65. The van der Waals surface area contributed by atoms with Gasteiger partial charge in [-0.15, -0.1) is 0 Å². The largest absolute Gasteiger partial charge is 0.291 e. The number of benzene rings is 1. The Morgan fingerprint density at radius 2 is 1.96 bits per heavy atom. The highest BCUT2D eigenvalue weighted by Crippen LogP contribution is 2.16. The monoisotopic (exact) mass is 350 g/mol. The van der Waals surface area contributed by atoms with Crippen LogP contribution >= 0.6 is 0 Å². The Labute approximate surface area is 136 Å². The molecule has 9 heteroatoms. The molecule has 0 aliphatic rings. The van der Waals surface area contributed by atoms with Crippen molar-refractivity contribution in [2.24, 2.45) is 0 Å². The van der Waals surface area contributed by atoms with Crippen LogP contribution in [0, 0.1) is 11.6 Å². The summed E-state index contributed by atoms with van der Waals surface area (Å²) in [5.74, 6) is -1.29. The summed E-state index contributed by atoms with van der Waals surface area (Å²) in [5, 5.41) is 0. The molecule has 2 aromatic heterocycles. The van der Waals surface area contributed by atoms with Crippen LogP contribution in [0.25, 0.3) is 5.82 Å². The lowest BCUT2D eigenvalue weighted by atomic mass is 10.2. The van der Waals surface area contributed by atoms with Gasteiger partial charge in [-0.1, -0.05) is 0 Å². The molecule has 2 heterocycles. The maximum atomic E-state index is 13.6. The Kier molecular flexibility index (Phi) is 4.36. The number of hydrogen-bond acceptors (Lipinski definition) is 4. The van der Waals surface area contributed by atoms with Gasteiger partial charge >= 0.3 is 0 Å². The van der Waals surface area contributed by atoms with Crippen LogP contribution in [-0.4, -0.2) is 23.0 Å². The standard InChI is InChI=1S/C15H12F2N4O2S/c16-12-1-2-13(17)14(8-12)24(22,23)20-9-11-3-4-19-15(7-11)21-6-5-18-10-21/h1-8,10,20H,9H2. The number of pyridine rings is 1. The third-order valence-electron chi connectivity index (χ3n) is 3.23. The molecule has 0 saturated carbocycles. The first-order chi connectivity index (χ1) is 11.5. The lowest BCUT2D eigenvalue weighted by Gasteiger charge is -2.09. The summed E-state index contributed by atoms with van der Waals surface area (Å²) in [7, 11) is -4.18. The summed E-state index contributed by atoms with van der Waals surface area (Å²) in [6.45, 7) is -0.0947. The first-order valence-corrected chi connectivity index (χ1v) is 8.32. The zero-order chi connectivity index (χ0) is 17.2. The number of hydrogen-bond donors (Lipinski definition) is 1. The maximum absolute atomic E-state index is 13.6.